The zero-order valence-corrected chi connectivity index (χ0v) is 8.31. The molecule has 0 saturated carbocycles. The molecule has 0 radical (unpaired) electrons. The second-order valence-electron chi connectivity index (χ2n) is 3.41. The first-order valence-electron chi connectivity index (χ1n) is 4.85. The van der Waals surface area contributed by atoms with Gasteiger partial charge in [0.2, 0.25) is 17.8 Å². The molecule has 1 saturated heterocycles. The summed E-state index contributed by atoms with van der Waals surface area (Å²) in [5.74, 6) is 0.709. The van der Waals surface area contributed by atoms with E-state index in [4.69, 9.17) is 16.2 Å². The predicted molar refractivity (Wildman–Crippen MR) is 56.1 cm³/mol. The molecule has 1 aliphatic rings. The lowest BCUT2D eigenvalue weighted by Gasteiger charge is -2.22. The Labute approximate surface area is 87.3 Å². The number of hydrogen-bond donors (Lipinski definition) is 3. The lowest BCUT2D eigenvalue weighted by molar-refractivity contribution is 0.0903. The number of nitrogen functional groups attached to an aromatic ring is 2. The molecular formula is C8H14N6O. The summed E-state index contributed by atoms with van der Waals surface area (Å²) in [5, 5.41) is 3.16. The first-order chi connectivity index (χ1) is 7.24. The van der Waals surface area contributed by atoms with Gasteiger partial charge in [-0.2, -0.15) is 15.0 Å². The minimum atomic E-state index is 0.136. The van der Waals surface area contributed by atoms with Gasteiger partial charge in [0, 0.05) is 19.3 Å². The molecular weight excluding hydrogens is 196 g/mol. The molecule has 0 spiro atoms. The van der Waals surface area contributed by atoms with Crippen LogP contribution in [0, 0.1) is 0 Å². The highest BCUT2D eigenvalue weighted by molar-refractivity contribution is 5.37. The second-order valence-corrected chi connectivity index (χ2v) is 3.41. The Balaban J connectivity index is 2.02. The maximum atomic E-state index is 5.46. The first kappa shape index (κ1) is 9.91. The summed E-state index contributed by atoms with van der Waals surface area (Å²) in [6, 6.07) is 0.319. The monoisotopic (exact) mass is 210 g/mol. The Kier molecular flexibility index (Phi) is 2.82. The molecule has 15 heavy (non-hydrogen) atoms. The van der Waals surface area contributed by atoms with Crippen LogP contribution in [0.2, 0.25) is 0 Å². The van der Waals surface area contributed by atoms with Crippen molar-refractivity contribution in [3.8, 4) is 0 Å². The van der Waals surface area contributed by atoms with Crippen molar-refractivity contribution in [1.82, 2.24) is 15.0 Å². The second kappa shape index (κ2) is 4.26. The maximum Gasteiger partial charge on any atom is 0.229 e. The number of nitrogens with one attached hydrogen (secondary N) is 1. The zero-order chi connectivity index (χ0) is 10.7. The molecule has 7 heteroatoms. The van der Waals surface area contributed by atoms with Gasteiger partial charge in [0.05, 0.1) is 0 Å². The third kappa shape index (κ3) is 2.66. The molecule has 0 atom stereocenters. The van der Waals surface area contributed by atoms with Crippen molar-refractivity contribution in [3.63, 3.8) is 0 Å². The molecule has 82 valence electrons. The molecule has 5 N–H and O–H groups in total. The lowest BCUT2D eigenvalue weighted by Crippen LogP contribution is -2.29. The minimum Gasteiger partial charge on any atom is -0.381 e. The average Bonchev–Trinajstić information content (AvgIpc) is 2.17. The Morgan fingerprint density at radius 2 is 1.67 bits per heavy atom. The normalized spacial score (nSPS) is 17.6. The van der Waals surface area contributed by atoms with E-state index in [0.717, 1.165) is 26.1 Å². The van der Waals surface area contributed by atoms with Crippen LogP contribution < -0.4 is 16.8 Å². The van der Waals surface area contributed by atoms with Gasteiger partial charge in [0.1, 0.15) is 0 Å². The Bertz CT molecular complexity index is 318. The van der Waals surface area contributed by atoms with Gasteiger partial charge in [-0.25, -0.2) is 0 Å². The fraction of sp³-hybridized carbons (Fsp3) is 0.625. The Morgan fingerprint density at radius 1 is 1.07 bits per heavy atom. The van der Waals surface area contributed by atoms with Crippen molar-refractivity contribution in [3.05, 3.63) is 0 Å². The van der Waals surface area contributed by atoms with Crippen LogP contribution in [0.15, 0.2) is 0 Å². The molecule has 0 aliphatic carbocycles. The molecule has 0 unspecified atom stereocenters. The van der Waals surface area contributed by atoms with Crippen LogP contribution in [0.5, 0.6) is 0 Å². The van der Waals surface area contributed by atoms with Crippen molar-refractivity contribution in [2.75, 3.05) is 30.0 Å². The summed E-state index contributed by atoms with van der Waals surface area (Å²) >= 11 is 0. The number of hydrogen-bond acceptors (Lipinski definition) is 7. The van der Waals surface area contributed by atoms with E-state index in [0.29, 0.717) is 12.0 Å². The Morgan fingerprint density at radius 3 is 2.27 bits per heavy atom. The van der Waals surface area contributed by atoms with Gasteiger partial charge in [0.15, 0.2) is 0 Å². The average molecular weight is 210 g/mol. The third-order valence-electron chi connectivity index (χ3n) is 2.22. The Hall–Kier alpha value is -1.63. The van der Waals surface area contributed by atoms with Crippen molar-refractivity contribution < 1.29 is 4.74 Å². The first-order valence-corrected chi connectivity index (χ1v) is 4.85. The minimum absolute atomic E-state index is 0.136. The summed E-state index contributed by atoms with van der Waals surface area (Å²) in [6.45, 7) is 1.52. The van der Waals surface area contributed by atoms with E-state index in [9.17, 15) is 0 Å². The van der Waals surface area contributed by atoms with Gasteiger partial charge in [-0.15, -0.1) is 0 Å². The highest BCUT2D eigenvalue weighted by Gasteiger charge is 2.14. The SMILES string of the molecule is Nc1nc(N)nc(NC2CCOCC2)n1. The van der Waals surface area contributed by atoms with Gasteiger partial charge in [-0.1, -0.05) is 0 Å². The molecule has 1 aromatic rings. The van der Waals surface area contributed by atoms with E-state index in [1.807, 2.05) is 0 Å². The van der Waals surface area contributed by atoms with Crippen LogP contribution in [-0.4, -0.2) is 34.2 Å². The van der Waals surface area contributed by atoms with Gasteiger partial charge >= 0.3 is 0 Å². The molecule has 1 aromatic heterocycles. The standard InChI is InChI=1S/C8H14N6O/c9-6-12-7(10)14-8(13-6)11-5-1-3-15-4-2-5/h5H,1-4H2,(H5,9,10,11,12,13,14). The van der Waals surface area contributed by atoms with E-state index >= 15 is 0 Å². The summed E-state index contributed by atoms with van der Waals surface area (Å²) in [7, 11) is 0. The molecule has 2 rings (SSSR count). The van der Waals surface area contributed by atoms with Crippen LogP contribution in [0.4, 0.5) is 17.8 Å². The molecule has 0 amide bonds. The smallest absolute Gasteiger partial charge is 0.229 e. The molecule has 0 aromatic carbocycles. The van der Waals surface area contributed by atoms with Crippen molar-refractivity contribution in [2.24, 2.45) is 0 Å². The highest BCUT2D eigenvalue weighted by atomic mass is 16.5. The third-order valence-corrected chi connectivity index (χ3v) is 2.22. The molecule has 7 nitrogen and oxygen atoms in total. The molecule has 2 heterocycles. The summed E-state index contributed by atoms with van der Waals surface area (Å²) in [4.78, 5) is 11.6. The van der Waals surface area contributed by atoms with E-state index in [-0.39, 0.29) is 11.9 Å². The van der Waals surface area contributed by atoms with Crippen LogP contribution >= 0.6 is 0 Å². The molecule has 0 bridgehead atoms. The predicted octanol–water partition coefficient (Wildman–Crippen LogP) is -0.373. The highest BCUT2D eigenvalue weighted by Crippen LogP contribution is 2.12. The summed E-state index contributed by atoms with van der Waals surface area (Å²) in [6.07, 6.45) is 1.87. The van der Waals surface area contributed by atoms with Gasteiger partial charge in [-0.3, -0.25) is 0 Å². The molecule has 1 fully saturated rings. The van der Waals surface area contributed by atoms with Crippen molar-refractivity contribution in [2.45, 2.75) is 18.9 Å². The largest absolute Gasteiger partial charge is 0.381 e. The number of nitrogens with two attached hydrogens (primary N) is 2. The number of aromatic nitrogens is 3. The van der Waals surface area contributed by atoms with Crippen LogP contribution in [-0.2, 0) is 4.74 Å². The fourth-order valence-corrected chi connectivity index (χ4v) is 1.50. The van der Waals surface area contributed by atoms with Crippen LogP contribution in [0.3, 0.4) is 0 Å². The maximum absolute atomic E-state index is 5.46. The summed E-state index contributed by atoms with van der Waals surface area (Å²) < 4.78 is 5.24. The summed E-state index contributed by atoms with van der Waals surface area (Å²) in [5.41, 5.74) is 10.9. The fourth-order valence-electron chi connectivity index (χ4n) is 1.50. The van der Waals surface area contributed by atoms with Gasteiger partial charge in [-0.05, 0) is 12.8 Å². The topological polar surface area (TPSA) is 112 Å². The van der Waals surface area contributed by atoms with E-state index < -0.39 is 0 Å². The van der Waals surface area contributed by atoms with Gasteiger partial charge in [0.25, 0.3) is 0 Å². The number of ether oxygens (including phenoxy) is 1. The van der Waals surface area contributed by atoms with Crippen molar-refractivity contribution in [1.29, 1.82) is 0 Å². The quantitative estimate of drug-likeness (QED) is 0.610. The zero-order valence-electron chi connectivity index (χ0n) is 8.31. The number of nitrogens with zero attached hydrogens (tertiary/aromatic N) is 3. The van der Waals surface area contributed by atoms with E-state index in [1.165, 1.54) is 0 Å². The van der Waals surface area contributed by atoms with E-state index in [1.54, 1.807) is 0 Å². The molecule has 1 aliphatic heterocycles. The lowest BCUT2D eigenvalue weighted by atomic mass is 10.1. The number of anilines is 3. The van der Waals surface area contributed by atoms with E-state index in [2.05, 4.69) is 20.3 Å². The number of rotatable bonds is 2. The van der Waals surface area contributed by atoms with Crippen LogP contribution in [0.25, 0.3) is 0 Å². The van der Waals surface area contributed by atoms with Crippen LogP contribution in [0.1, 0.15) is 12.8 Å². The van der Waals surface area contributed by atoms with Crippen molar-refractivity contribution >= 4 is 17.8 Å². The van der Waals surface area contributed by atoms with Gasteiger partial charge < -0.3 is 21.5 Å².